The number of hydrogen-bond donors (Lipinski definition) is 2. The maximum atomic E-state index is 13.6. The first-order valence-electron chi connectivity index (χ1n) is 5.61. The average Bonchev–Trinajstić information content (AvgIpc) is 2.43. The minimum atomic E-state index is -0.582. The molecule has 2 N–H and O–H groups in total. The van der Waals surface area contributed by atoms with Crippen LogP contribution in [0.3, 0.4) is 0 Å². The molecule has 0 atom stereocenters. The number of aromatic nitrogens is 1. The van der Waals surface area contributed by atoms with Gasteiger partial charge in [-0.25, -0.2) is 9.37 Å². The molecule has 1 aromatic carbocycles. The number of pyridine rings is 1. The van der Waals surface area contributed by atoms with E-state index in [2.05, 4.69) is 15.6 Å². The van der Waals surface area contributed by atoms with Crippen molar-refractivity contribution in [3.05, 3.63) is 51.9 Å². The Balaban J connectivity index is 2.30. The van der Waals surface area contributed by atoms with Gasteiger partial charge in [-0.2, -0.15) is 0 Å². The molecule has 2 aromatic rings. The van der Waals surface area contributed by atoms with Gasteiger partial charge in [0.05, 0.1) is 16.3 Å². The normalized spacial score (nSPS) is 10.2. The quantitative estimate of drug-likeness (QED) is 0.905. The first kappa shape index (κ1) is 14.6. The standard InChI is InChI=1S/C13H10Cl2FN3O/c1-17-12-5-8(9(15)6-18-12)13(20)19-11-4-7(14)2-3-10(11)16/h2-6H,1H3,(H,17,18)(H,19,20). The Kier molecular flexibility index (Phi) is 4.42. The molecule has 20 heavy (non-hydrogen) atoms. The van der Waals surface area contributed by atoms with E-state index in [1.165, 1.54) is 30.5 Å². The fourth-order valence-corrected chi connectivity index (χ4v) is 1.89. The van der Waals surface area contributed by atoms with Crippen LogP contribution >= 0.6 is 23.2 Å². The van der Waals surface area contributed by atoms with Gasteiger partial charge in [-0.1, -0.05) is 23.2 Å². The highest BCUT2D eigenvalue weighted by Gasteiger charge is 2.14. The van der Waals surface area contributed by atoms with Gasteiger partial charge in [-0.3, -0.25) is 4.79 Å². The molecule has 2 rings (SSSR count). The highest BCUT2D eigenvalue weighted by atomic mass is 35.5. The Bertz CT molecular complexity index is 664. The number of nitrogens with one attached hydrogen (secondary N) is 2. The van der Waals surface area contributed by atoms with Gasteiger partial charge in [0.2, 0.25) is 0 Å². The van der Waals surface area contributed by atoms with Gasteiger partial charge in [0.1, 0.15) is 11.6 Å². The lowest BCUT2D eigenvalue weighted by atomic mass is 10.2. The van der Waals surface area contributed by atoms with Crippen molar-refractivity contribution in [2.24, 2.45) is 0 Å². The third kappa shape index (κ3) is 3.18. The summed E-state index contributed by atoms with van der Waals surface area (Å²) in [6, 6.07) is 5.36. The zero-order valence-corrected chi connectivity index (χ0v) is 11.9. The summed E-state index contributed by atoms with van der Waals surface area (Å²) < 4.78 is 13.6. The van der Waals surface area contributed by atoms with Crippen molar-refractivity contribution in [3.8, 4) is 0 Å². The average molecular weight is 314 g/mol. The van der Waals surface area contributed by atoms with Crippen molar-refractivity contribution >= 4 is 40.6 Å². The molecule has 0 radical (unpaired) electrons. The lowest BCUT2D eigenvalue weighted by Crippen LogP contribution is -2.14. The van der Waals surface area contributed by atoms with Crippen LogP contribution in [0.5, 0.6) is 0 Å². The van der Waals surface area contributed by atoms with Gasteiger partial charge < -0.3 is 10.6 Å². The first-order valence-corrected chi connectivity index (χ1v) is 6.36. The zero-order valence-electron chi connectivity index (χ0n) is 10.4. The van der Waals surface area contributed by atoms with E-state index in [1.807, 2.05) is 0 Å². The molecule has 0 aliphatic heterocycles. The summed E-state index contributed by atoms with van der Waals surface area (Å²) in [6.45, 7) is 0. The first-order chi connectivity index (χ1) is 9.51. The van der Waals surface area contributed by atoms with Crippen LogP contribution in [0.25, 0.3) is 0 Å². The molecule has 1 heterocycles. The number of amides is 1. The van der Waals surface area contributed by atoms with Crippen LogP contribution in [0.2, 0.25) is 10.0 Å². The summed E-state index contributed by atoms with van der Waals surface area (Å²) in [5, 5.41) is 5.70. The molecule has 0 bridgehead atoms. The van der Waals surface area contributed by atoms with Gasteiger partial charge in [0, 0.05) is 18.3 Å². The van der Waals surface area contributed by atoms with Gasteiger partial charge in [-0.15, -0.1) is 0 Å². The number of rotatable bonds is 3. The molecule has 0 unspecified atom stereocenters. The lowest BCUT2D eigenvalue weighted by Gasteiger charge is -2.09. The van der Waals surface area contributed by atoms with E-state index in [9.17, 15) is 9.18 Å². The highest BCUT2D eigenvalue weighted by molar-refractivity contribution is 6.34. The van der Waals surface area contributed by atoms with Crippen LogP contribution in [-0.2, 0) is 0 Å². The fraction of sp³-hybridized carbons (Fsp3) is 0.0769. The van der Waals surface area contributed by atoms with Crippen molar-refractivity contribution in [2.45, 2.75) is 0 Å². The van der Waals surface area contributed by atoms with Gasteiger partial charge in [-0.05, 0) is 24.3 Å². The Labute approximate surface area is 124 Å². The molecular formula is C13H10Cl2FN3O. The molecular weight excluding hydrogens is 304 g/mol. The number of benzene rings is 1. The predicted molar refractivity (Wildman–Crippen MR) is 78.2 cm³/mol. The van der Waals surface area contributed by atoms with Crippen LogP contribution in [-0.4, -0.2) is 17.9 Å². The summed E-state index contributed by atoms with van der Waals surface area (Å²) in [7, 11) is 1.66. The molecule has 4 nitrogen and oxygen atoms in total. The SMILES string of the molecule is CNc1cc(C(=O)Nc2cc(Cl)ccc2F)c(Cl)cn1. The molecule has 1 amide bonds. The topological polar surface area (TPSA) is 54.0 Å². The summed E-state index contributed by atoms with van der Waals surface area (Å²) in [5.41, 5.74) is 0.173. The Morgan fingerprint density at radius 1 is 1.30 bits per heavy atom. The molecule has 1 aromatic heterocycles. The van der Waals surface area contributed by atoms with Crippen molar-refractivity contribution in [1.82, 2.24) is 4.98 Å². The second kappa shape index (κ2) is 6.07. The molecule has 0 aliphatic rings. The molecule has 0 aliphatic carbocycles. The van der Waals surface area contributed by atoms with Crippen molar-refractivity contribution in [1.29, 1.82) is 0 Å². The third-order valence-electron chi connectivity index (χ3n) is 2.53. The van der Waals surface area contributed by atoms with E-state index in [4.69, 9.17) is 23.2 Å². The Morgan fingerprint density at radius 3 is 2.75 bits per heavy atom. The molecule has 7 heteroatoms. The van der Waals surface area contributed by atoms with Gasteiger partial charge in [0.15, 0.2) is 0 Å². The van der Waals surface area contributed by atoms with Crippen LogP contribution < -0.4 is 10.6 Å². The number of carbonyl (C=O) groups excluding carboxylic acids is 1. The molecule has 0 saturated carbocycles. The smallest absolute Gasteiger partial charge is 0.257 e. The van der Waals surface area contributed by atoms with Crippen LogP contribution in [0.4, 0.5) is 15.9 Å². The van der Waals surface area contributed by atoms with Crippen LogP contribution in [0.15, 0.2) is 30.5 Å². The number of anilines is 2. The maximum absolute atomic E-state index is 13.6. The number of nitrogens with zero attached hydrogens (tertiary/aromatic N) is 1. The Morgan fingerprint density at radius 2 is 2.05 bits per heavy atom. The summed E-state index contributed by atoms with van der Waals surface area (Å²) in [5.74, 6) is -0.650. The molecule has 0 saturated heterocycles. The zero-order chi connectivity index (χ0) is 14.7. The van der Waals surface area contributed by atoms with Gasteiger partial charge in [0.25, 0.3) is 5.91 Å². The summed E-state index contributed by atoms with van der Waals surface area (Å²) in [6.07, 6.45) is 1.34. The van der Waals surface area contributed by atoms with E-state index >= 15 is 0 Å². The van der Waals surface area contributed by atoms with Crippen molar-refractivity contribution in [3.63, 3.8) is 0 Å². The largest absolute Gasteiger partial charge is 0.373 e. The molecule has 104 valence electrons. The second-order valence-corrected chi connectivity index (χ2v) is 4.72. The minimum Gasteiger partial charge on any atom is -0.373 e. The van der Waals surface area contributed by atoms with E-state index in [1.54, 1.807) is 7.05 Å². The van der Waals surface area contributed by atoms with Crippen molar-refractivity contribution < 1.29 is 9.18 Å². The van der Waals surface area contributed by atoms with Crippen LogP contribution in [0.1, 0.15) is 10.4 Å². The minimum absolute atomic E-state index is 0.0126. The van der Waals surface area contributed by atoms with E-state index in [0.29, 0.717) is 10.8 Å². The van der Waals surface area contributed by atoms with E-state index in [0.717, 1.165) is 0 Å². The highest BCUT2D eigenvalue weighted by Crippen LogP contribution is 2.23. The van der Waals surface area contributed by atoms with Gasteiger partial charge >= 0.3 is 0 Å². The van der Waals surface area contributed by atoms with Crippen molar-refractivity contribution in [2.75, 3.05) is 17.7 Å². The fourth-order valence-electron chi connectivity index (χ4n) is 1.53. The molecule has 0 spiro atoms. The summed E-state index contributed by atoms with van der Waals surface area (Å²) >= 11 is 11.7. The Hall–Kier alpha value is -1.85. The predicted octanol–water partition coefficient (Wildman–Crippen LogP) is 3.82. The van der Waals surface area contributed by atoms with E-state index in [-0.39, 0.29) is 16.3 Å². The number of halogens is 3. The van der Waals surface area contributed by atoms with Crippen LogP contribution in [0, 0.1) is 5.82 Å². The second-order valence-electron chi connectivity index (χ2n) is 3.88. The molecule has 0 fully saturated rings. The summed E-state index contributed by atoms with van der Waals surface area (Å²) in [4.78, 5) is 16.1. The lowest BCUT2D eigenvalue weighted by molar-refractivity contribution is 0.102. The third-order valence-corrected chi connectivity index (χ3v) is 3.07. The monoisotopic (exact) mass is 313 g/mol. The van der Waals surface area contributed by atoms with E-state index < -0.39 is 11.7 Å². The number of hydrogen-bond acceptors (Lipinski definition) is 3. The maximum Gasteiger partial charge on any atom is 0.257 e. The number of carbonyl (C=O) groups is 1.